The van der Waals surface area contributed by atoms with Crippen molar-refractivity contribution in [2.24, 2.45) is 0 Å². The summed E-state index contributed by atoms with van der Waals surface area (Å²) in [5.74, 6) is 0. The van der Waals surface area contributed by atoms with Gasteiger partial charge in [0, 0.05) is 11.6 Å². The Labute approximate surface area is 106 Å². The molecule has 0 spiro atoms. The van der Waals surface area contributed by atoms with Crippen LogP contribution in [0.1, 0.15) is 24.8 Å². The maximum atomic E-state index is 11.2. The van der Waals surface area contributed by atoms with Gasteiger partial charge in [-0.3, -0.25) is 0 Å². The van der Waals surface area contributed by atoms with Gasteiger partial charge >= 0.3 is 0 Å². The van der Waals surface area contributed by atoms with Crippen LogP contribution in [0.3, 0.4) is 0 Å². The molecule has 0 amide bonds. The highest BCUT2D eigenvalue weighted by molar-refractivity contribution is 9.09. The van der Waals surface area contributed by atoms with Gasteiger partial charge in [-0.25, -0.2) is 8.42 Å². The molecular formula is C12H17BrO2S. The highest BCUT2D eigenvalue weighted by Gasteiger charge is 2.05. The van der Waals surface area contributed by atoms with Crippen molar-refractivity contribution in [3.8, 4) is 0 Å². The average Bonchev–Trinajstić information content (AvgIpc) is 2.24. The number of hydrogen-bond donors (Lipinski definition) is 0. The van der Waals surface area contributed by atoms with Crippen LogP contribution in [0.25, 0.3) is 0 Å². The van der Waals surface area contributed by atoms with Gasteiger partial charge in [-0.15, -0.1) is 0 Å². The highest BCUT2D eigenvalue weighted by Crippen LogP contribution is 2.12. The van der Waals surface area contributed by atoms with E-state index >= 15 is 0 Å². The van der Waals surface area contributed by atoms with Crippen molar-refractivity contribution >= 4 is 25.8 Å². The van der Waals surface area contributed by atoms with Crippen molar-refractivity contribution in [1.29, 1.82) is 0 Å². The third-order valence-electron chi connectivity index (χ3n) is 2.45. The fraction of sp³-hybridized carbons (Fsp3) is 0.500. The lowest BCUT2D eigenvalue weighted by Crippen LogP contribution is -1.97. The molecule has 2 nitrogen and oxygen atoms in total. The maximum absolute atomic E-state index is 11.2. The monoisotopic (exact) mass is 304 g/mol. The van der Waals surface area contributed by atoms with Crippen molar-refractivity contribution < 1.29 is 8.42 Å². The van der Waals surface area contributed by atoms with Gasteiger partial charge in [0.2, 0.25) is 0 Å². The summed E-state index contributed by atoms with van der Waals surface area (Å²) in [6.45, 7) is 0. The van der Waals surface area contributed by atoms with Crippen LogP contribution in [0.2, 0.25) is 0 Å². The first kappa shape index (κ1) is 13.7. The topological polar surface area (TPSA) is 34.1 Å². The molecule has 0 aliphatic carbocycles. The van der Waals surface area contributed by atoms with Gasteiger partial charge in [-0.1, -0.05) is 34.5 Å². The molecule has 0 saturated heterocycles. The van der Waals surface area contributed by atoms with E-state index < -0.39 is 9.84 Å². The second kappa shape index (κ2) is 6.40. The Morgan fingerprint density at radius 1 is 1.06 bits per heavy atom. The lowest BCUT2D eigenvalue weighted by Gasteiger charge is -2.02. The largest absolute Gasteiger partial charge is 0.224 e. The van der Waals surface area contributed by atoms with Gasteiger partial charge in [0.15, 0.2) is 9.84 Å². The molecule has 0 unspecified atom stereocenters. The zero-order valence-corrected chi connectivity index (χ0v) is 11.9. The Hall–Kier alpha value is -0.350. The molecule has 0 fully saturated rings. The molecule has 0 aliphatic heterocycles. The number of halogens is 1. The van der Waals surface area contributed by atoms with Crippen molar-refractivity contribution in [2.45, 2.75) is 30.6 Å². The van der Waals surface area contributed by atoms with Crippen molar-refractivity contribution in [3.63, 3.8) is 0 Å². The number of aryl methyl sites for hydroxylation is 1. The van der Waals surface area contributed by atoms with E-state index in [0.717, 1.165) is 18.2 Å². The summed E-state index contributed by atoms with van der Waals surface area (Å²) in [5, 5.41) is 1.06. The average molecular weight is 305 g/mol. The quantitative estimate of drug-likeness (QED) is 0.597. The Kier molecular flexibility index (Phi) is 5.49. The highest BCUT2D eigenvalue weighted by atomic mass is 79.9. The molecule has 0 saturated carbocycles. The van der Waals surface area contributed by atoms with Crippen LogP contribution in [0.4, 0.5) is 0 Å². The Balaban J connectivity index is 2.52. The van der Waals surface area contributed by atoms with Crippen molar-refractivity contribution in [1.82, 2.24) is 0 Å². The molecule has 0 bridgehead atoms. The van der Waals surface area contributed by atoms with Crippen LogP contribution in [0.15, 0.2) is 29.2 Å². The molecule has 4 heteroatoms. The summed E-state index contributed by atoms with van der Waals surface area (Å²) in [7, 11) is -3.05. The number of alkyl halides is 1. The van der Waals surface area contributed by atoms with E-state index in [9.17, 15) is 8.42 Å². The maximum Gasteiger partial charge on any atom is 0.175 e. The van der Waals surface area contributed by atoms with Crippen molar-refractivity contribution in [2.75, 3.05) is 11.6 Å². The Morgan fingerprint density at radius 2 is 1.69 bits per heavy atom. The van der Waals surface area contributed by atoms with Crippen LogP contribution < -0.4 is 0 Å². The molecule has 0 aromatic heterocycles. The molecule has 0 aliphatic rings. The minimum Gasteiger partial charge on any atom is -0.224 e. The SMILES string of the molecule is CS(=O)(=O)c1ccc(CCCCCBr)cc1. The smallest absolute Gasteiger partial charge is 0.175 e. The minimum atomic E-state index is -3.05. The summed E-state index contributed by atoms with van der Waals surface area (Å²) < 4.78 is 22.5. The van der Waals surface area contributed by atoms with Crippen LogP contribution in [-0.2, 0) is 16.3 Å². The van der Waals surface area contributed by atoms with Crippen LogP contribution in [-0.4, -0.2) is 20.0 Å². The van der Waals surface area contributed by atoms with Crippen LogP contribution >= 0.6 is 15.9 Å². The fourth-order valence-electron chi connectivity index (χ4n) is 1.50. The van der Waals surface area contributed by atoms with E-state index in [1.807, 2.05) is 12.1 Å². The van der Waals surface area contributed by atoms with Gasteiger partial charge in [-0.05, 0) is 37.0 Å². The van der Waals surface area contributed by atoms with Gasteiger partial charge in [0.25, 0.3) is 0 Å². The lowest BCUT2D eigenvalue weighted by molar-refractivity contribution is 0.602. The number of hydrogen-bond acceptors (Lipinski definition) is 2. The van der Waals surface area contributed by atoms with Crippen molar-refractivity contribution in [3.05, 3.63) is 29.8 Å². The normalized spacial score (nSPS) is 11.6. The zero-order valence-electron chi connectivity index (χ0n) is 9.45. The summed E-state index contributed by atoms with van der Waals surface area (Å²) in [6.07, 6.45) is 5.82. The summed E-state index contributed by atoms with van der Waals surface area (Å²) in [6, 6.07) is 7.19. The van der Waals surface area contributed by atoms with E-state index in [-0.39, 0.29) is 0 Å². The van der Waals surface area contributed by atoms with Gasteiger partial charge in [0.05, 0.1) is 4.90 Å². The van der Waals surface area contributed by atoms with E-state index in [1.54, 1.807) is 12.1 Å². The zero-order chi connectivity index (χ0) is 12.0. The number of unbranched alkanes of at least 4 members (excludes halogenated alkanes) is 2. The molecule has 0 heterocycles. The fourth-order valence-corrected chi connectivity index (χ4v) is 2.53. The van der Waals surface area contributed by atoms with E-state index in [0.29, 0.717) is 4.90 Å². The summed E-state index contributed by atoms with van der Waals surface area (Å²) in [5.41, 5.74) is 1.21. The first-order valence-corrected chi connectivity index (χ1v) is 8.40. The summed E-state index contributed by atoms with van der Waals surface area (Å²) >= 11 is 3.40. The Morgan fingerprint density at radius 3 is 2.19 bits per heavy atom. The number of rotatable bonds is 6. The molecule has 1 aromatic carbocycles. The number of benzene rings is 1. The molecule has 0 N–H and O–H groups in total. The molecule has 0 radical (unpaired) electrons. The third kappa shape index (κ3) is 4.66. The first-order chi connectivity index (χ1) is 7.54. The molecule has 0 atom stereocenters. The lowest BCUT2D eigenvalue weighted by atomic mass is 10.1. The summed E-state index contributed by atoms with van der Waals surface area (Å²) in [4.78, 5) is 0.400. The molecule has 1 rings (SSSR count). The number of sulfone groups is 1. The van der Waals surface area contributed by atoms with E-state index in [1.165, 1.54) is 24.7 Å². The van der Waals surface area contributed by atoms with Crippen LogP contribution in [0, 0.1) is 0 Å². The third-order valence-corrected chi connectivity index (χ3v) is 4.14. The molecule has 16 heavy (non-hydrogen) atoms. The van der Waals surface area contributed by atoms with E-state index in [4.69, 9.17) is 0 Å². The van der Waals surface area contributed by atoms with Crippen LogP contribution in [0.5, 0.6) is 0 Å². The second-order valence-electron chi connectivity index (χ2n) is 3.92. The second-order valence-corrected chi connectivity index (χ2v) is 6.72. The standard InChI is InChI=1S/C12H17BrO2S/c1-16(14,15)12-8-6-11(7-9-12)5-3-2-4-10-13/h6-9H,2-5,10H2,1H3. The Bertz CT molecular complexity index is 409. The predicted molar refractivity (Wildman–Crippen MR) is 70.9 cm³/mol. The minimum absolute atomic E-state index is 0.400. The molecule has 1 aromatic rings. The van der Waals surface area contributed by atoms with Gasteiger partial charge in [-0.2, -0.15) is 0 Å². The van der Waals surface area contributed by atoms with E-state index in [2.05, 4.69) is 15.9 Å². The first-order valence-electron chi connectivity index (χ1n) is 5.39. The predicted octanol–water partition coefficient (Wildman–Crippen LogP) is 3.20. The van der Waals surface area contributed by atoms with Gasteiger partial charge < -0.3 is 0 Å². The molecule has 90 valence electrons. The molecular weight excluding hydrogens is 288 g/mol. The van der Waals surface area contributed by atoms with Gasteiger partial charge in [0.1, 0.15) is 0 Å².